The predicted octanol–water partition coefficient (Wildman–Crippen LogP) is 4.83. The first kappa shape index (κ1) is 24.5. The number of carbonyl (C=O) groups is 1. The number of anilines is 1. The van der Waals surface area contributed by atoms with Gasteiger partial charge >= 0.3 is 0 Å². The minimum atomic E-state index is -3.25. The standard InChI is InChI=1S/C26H35NO4S/c1-18-16-27(19(2)20(3)31-18)24-13-9-21(10-14-24)15-25(28)23-11-7-22(8-12-23)17-32(29,30)26(4,5)6/h7-14,18-20H,15-17H2,1-6H3/t18-,19?,20+/m0/s1. The summed E-state index contributed by atoms with van der Waals surface area (Å²) < 4.78 is 29.9. The number of hydrogen-bond donors (Lipinski definition) is 0. The molecule has 2 aromatic carbocycles. The van der Waals surface area contributed by atoms with Gasteiger partial charge in [0.25, 0.3) is 0 Å². The zero-order valence-corrected chi connectivity index (χ0v) is 20.8. The summed E-state index contributed by atoms with van der Waals surface area (Å²) in [5.74, 6) is -0.00569. The molecule has 2 aromatic rings. The van der Waals surface area contributed by atoms with Crippen LogP contribution in [0.1, 0.15) is 63.0 Å². The van der Waals surface area contributed by atoms with Crippen molar-refractivity contribution in [3.8, 4) is 0 Å². The van der Waals surface area contributed by atoms with E-state index in [2.05, 4.69) is 37.8 Å². The number of benzene rings is 2. The lowest BCUT2D eigenvalue weighted by molar-refractivity contribution is -0.0257. The first-order valence-corrected chi connectivity index (χ1v) is 12.9. The number of hydrogen-bond acceptors (Lipinski definition) is 5. The second-order valence-electron chi connectivity index (χ2n) is 9.88. The molecule has 0 saturated carbocycles. The second kappa shape index (κ2) is 9.36. The fourth-order valence-electron chi connectivity index (χ4n) is 3.88. The molecular formula is C26H35NO4S. The van der Waals surface area contributed by atoms with Crippen LogP contribution in [0, 0.1) is 0 Å². The number of ketones is 1. The summed E-state index contributed by atoms with van der Waals surface area (Å²) in [7, 11) is -3.25. The van der Waals surface area contributed by atoms with Crippen molar-refractivity contribution in [2.24, 2.45) is 0 Å². The fourth-order valence-corrected chi connectivity index (χ4v) is 4.94. The largest absolute Gasteiger partial charge is 0.372 e. The molecule has 1 fully saturated rings. The summed E-state index contributed by atoms with van der Waals surface area (Å²) in [5, 5.41) is 0. The zero-order valence-electron chi connectivity index (χ0n) is 20.0. The Labute approximate surface area is 192 Å². The predicted molar refractivity (Wildman–Crippen MR) is 130 cm³/mol. The van der Waals surface area contributed by atoms with E-state index in [9.17, 15) is 13.2 Å². The monoisotopic (exact) mass is 457 g/mol. The van der Waals surface area contributed by atoms with Gasteiger partial charge < -0.3 is 9.64 Å². The molecule has 0 aromatic heterocycles. The van der Waals surface area contributed by atoms with Crippen LogP contribution in [-0.2, 0) is 26.7 Å². The Hall–Kier alpha value is -2.18. The topological polar surface area (TPSA) is 63.7 Å². The second-order valence-corrected chi connectivity index (χ2v) is 12.6. The van der Waals surface area contributed by atoms with Crippen molar-refractivity contribution in [1.29, 1.82) is 0 Å². The fraction of sp³-hybridized carbons (Fsp3) is 0.500. The molecule has 3 rings (SSSR count). The van der Waals surface area contributed by atoms with Gasteiger partial charge in [0.05, 0.1) is 28.7 Å². The summed E-state index contributed by atoms with van der Waals surface area (Å²) in [6.45, 7) is 12.3. The molecule has 1 unspecified atom stereocenters. The highest BCUT2D eigenvalue weighted by atomic mass is 32.2. The maximum atomic E-state index is 12.7. The Morgan fingerprint density at radius 2 is 1.53 bits per heavy atom. The van der Waals surface area contributed by atoms with E-state index in [1.807, 2.05) is 12.1 Å². The smallest absolute Gasteiger partial charge is 0.167 e. The van der Waals surface area contributed by atoms with Gasteiger partial charge in [0.1, 0.15) is 0 Å². The van der Waals surface area contributed by atoms with Crippen molar-refractivity contribution in [2.75, 3.05) is 11.4 Å². The SMILES string of the molecule is CC1[C@@H](C)O[C@@H](C)CN1c1ccc(CC(=O)c2ccc(CS(=O)(=O)C(C)(C)C)cc2)cc1. The van der Waals surface area contributed by atoms with Crippen LogP contribution in [0.3, 0.4) is 0 Å². The third-order valence-electron chi connectivity index (χ3n) is 6.27. The van der Waals surface area contributed by atoms with Crippen molar-refractivity contribution in [1.82, 2.24) is 0 Å². The number of rotatable bonds is 6. The van der Waals surface area contributed by atoms with Gasteiger partial charge in [0.2, 0.25) is 0 Å². The van der Waals surface area contributed by atoms with E-state index in [-0.39, 0.29) is 23.7 Å². The molecule has 6 heteroatoms. The summed E-state index contributed by atoms with van der Waals surface area (Å²) in [5.41, 5.74) is 3.39. The molecule has 0 spiro atoms. The van der Waals surface area contributed by atoms with Crippen LogP contribution in [0.15, 0.2) is 48.5 Å². The van der Waals surface area contributed by atoms with Crippen LogP contribution >= 0.6 is 0 Å². The average Bonchev–Trinajstić information content (AvgIpc) is 2.70. The number of nitrogens with zero attached hydrogens (tertiary/aromatic N) is 1. The number of ether oxygens (including phenoxy) is 1. The first-order valence-electron chi connectivity index (χ1n) is 11.2. The van der Waals surface area contributed by atoms with Crippen LogP contribution in [0.4, 0.5) is 5.69 Å². The molecule has 1 heterocycles. The molecule has 0 radical (unpaired) electrons. The molecule has 174 valence electrons. The maximum absolute atomic E-state index is 12.7. The summed E-state index contributed by atoms with van der Waals surface area (Å²) in [6.07, 6.45) is 0.663. The molecule has 0 aliphatic carbocycles. The van der Waals surface area contributed by atoms with Gasteiger partial charge in [0, 0.05) is 24.2 Å². The highest BCUT2D eigenvalue weighted by Gasteiger charge is 2.30. The van der Waals surface area contributed by atoms with Crippen LogP contribution < -0.4 is 4.90 Å². The minimum absolute atomic E-state index is 0.0185. The van der Waals surface area contributed by atoms with E-state index >= 15 is 0 Å². The summed E-state index contributed by atoms with van der Waals surface area (Å²) >= 11 is 0. The minimum Gasteiger partial charge on any atom is -0.372 e. The van der Waals surface area contributed by atoms with Crippen molar-refractivity contribution in [3.63, 3.8) is 0 Å². The van der Waals surface area contributed by atoms with Crippen LogP contribution in [0.2, 0.25) is 0 Å². The maximum Gasteiger partial charge on any atom is 0.167 e. The summed E-state index contributed by atoms with van der Waals surface area (Å²) in [4.78, 5) is 15.1. The van der Waals surface area contributed by atoms with E-state index in [0.29, 0.717) is 23.6 Å². The lowest BCUT2D eigenvalue weighted by Crippen LogP contribution is -2.52. The van der Waals surface area contributed by atoms with E-state index in [4.69, 9.17) is 4.74 Å². The molecule has 1 saturated heterocycles. The molecular weight excluding hydrogens is 422 g/mol. The zero-order chi connectivity index (χ0) is 23.7. The van der Waals surface area contributed by atoms with Crippen LogP contribution in [0.5, 0.6) is 0 Å². The average molecular weight is 458 g/mol. The van der Waals surface area contributed by atoms with Gasteiger partial charge in [-0.1, -0.05) is 36.4 Å². The normalized spacial score (nSPS) is 22.1. The Bertz CT molecular complexity index is 1040. The lowest BCUT2D eigenvalue weighted by Gasteiger charge is -2.42. The van der Waals surface area contributed by atoms with Gasteiger partial charge in [-0.2, -0.15) is 0 Å². The Kier molecular flexibility index (Phi) is 7.15. The summed E-state index contributed by atoms with van der Waals surface area (Å²) in [6, 6.07) is 15.4. The van der Waals surface area contributed by atoms with E-state index in [0.717, 1.165) is 17.8 Å². The Morgan fingerprint density at radius 3 is 2.09 bits per heavy atom. The Morgan fingerprint density at radius 1 is 0.969 bits per heavy atom. The van der Waals surface area contributed by atoms with Crippen molar-refractivity contribution in [2.45, 2.75) is 76.7 Å². The van der Waals surface area contributed by atoms with Crippen LogP contribution in [-0.4, -0.2) is 43.7 Å². The Balaban J connectivity index is 1.65. The van der Waals surface area contributed by atoms with Gasteiger partial charge in [-0.25, -0.2) is 8.42 Å². The lowest BCUT2D eigenvalue weighted by atomic mass is 10.0. The molecule has 0 bridgehead atoms. The highest BCUT2D eigenvalue weighted by Crippen LogP contribution is 2.26. The van der Waals surface area contributed by atoms with Crippen molar-refractivity contribution in [3.05, 3.63) is 65.2 Å². The van der Waals surface area contributed by atoms with E-state index in [1.54, 1.807) is 45.0 Å². The number of sulfone groups is 1. The van der Waals surface area contributed by atoms with Gasteiger partial charge in [-0.15, -0.1) is 0 Å². The van der Waals surface area contributed by atoms with E-state index < -0.39 is 14.6 Å². The number of carbonyl (C=O) groups excluding carboxylic acids is 1. The molecule has 5 nitrogen and oxygen atoms in total. The first-order chi connectivity index (χ1) is 14.9. The molecule has 0 amide bonds. The molecule has 1 aliphatic heterocycles. The van der Waals surface area contributed by atoms with Gasteiger partial charge in [0.15, 0.2) is 15.6 Å². The van der Waals surface area contributed by atoms with Crippen LogP contribution in [0.25, 0.3) is 0 Å². The third kappa shape index (κ3) is 5.59. The van der Waals surface area contributed by atoms with E-state index in [1.165, 1.54) is 0 Å². The van der Waals surface area contributed by atoms with Gasteiger partial charge in [-0.3, -0.25) is 4.79 Å². The number of morpholine rings is 1. The highest BCUT2D eigenvalue weighted by molar-refractivity contribution is 7.91. The van der Waals surface area contributed by atoms with Crippen molar-refractivity contribution < 1.29 is 17.9 Å². The number of Topliss-reactive ketones (excluding diaryl/α,β-unsaturated/α-hetero) is 1. The quantitative estimate of drug-likeness (QED) is 0.582. The van der Waals surface area contributed by atoms with Crippen molar-refractivity contribution >= 4 is 21.3 Å². The molecule has 0 N–H and O–H groups in total. The molecule has 3 atom stereocenters. The third-order valence-corrected chi connectivity index (χ3v) is 8.85. The van der Waals surface area contributed by atoms with Gasteiger partial charge in [-0.05, 0) is 64.8 Å². The molecule has 32 heavy (non-hydrogen) atoms. The molecule has 1 aliphatic rings.